The number of hydrogen-bond donors (Lipinski definition) is 1. The Morgan fingerprint density at radius 3 is 2.42 bits per heavy atom. The molecule has 1 aromatic carbocycles. The SMILES string of the molecule is CC(COc1cc(F)c2c(c1)C=C(CO[Si](C)(C)C(C)(C)C)C2)NC(=O)OC(C)(C)C. The molecular weight excluding hydrogens is 413 g/mol. The highest BCUT2D eigenvalue weighted by molar-refractivity contribution is 6.74. The van der Waals surface area contributed by atoms with E-state index in [-0.39, 0.29) is 23.5 Å². The molecule has 0 bridgehead atoms. The predicted octanol–water partition coefficient (Wildman–Crippen LogP) is 6.08. The summed E-state index contributed by atoms with van der Waals surface area (Å²) in [5, 5.41) is 2.85. The number of carbonyl (C=O) groups excluding carboxylic acids is 1. The van der Waals surface area contributed by atoms with Crippen molar-refractivity contribution in [3.8, 4) is 5.75 Å². The van der Waals surface area contributed by atoms with Crippen LogP contribution in [0, 0.1) is 5.82 Å². The van der Waals surface area contributed by atoms with Crippen molar-refractivity contribution in [1.82, 2.24) is 5.32 Å². The zero-order valence-electron chi connectivity index (χ0n) is 20.4. The summed E-state index contributed by atoms with van der Waals surface area (Å²) in [4.78, 5) is 11.9. The lowest BCUT2D eigenvalue weighted by Gasteiger charge is -2.36. The van der Waals surface area contributed by atoms with Crippen molar-refractivity contribution >= 4 is 20.5 Å². The molecule has 0 heterocycles. The second-order valence-electron chi connectivity index (χ2n) is 10.9. The van der Waals surface area contributed by atoms with E-state index in [1.165, 1.54) is 6.07 Å². The summed E-state index contributed by atoms with van der Waals surface area (Å²) in [6.45, 7) is 19.0. The first kappa shape index (κ1) is 25.4. The van der Waals surface area contributed by atoms with Crippen LogP contribution in [0.1, 0.15) is 59.6 Å². The Labute approximate surface area is 187 Å². The van der Waals surface area contributed by atoms with E-state index in [4.69, 9.17) is 13.9 Å². The summed E-state index contributed by atoms with van der Waals surface area (Å²) in [5.74, 6) is 0.163. The topological polar surface area (TPSA) is 56.8 Å². The monoisotopic (exact) mass is 451 g/mol. The lowest BCUT2D eigenvalue weighted by molar-refractivity contribution is 0.0494. The minimum absolute atomic E-state index is 0.134. The number of halogens is 1. The number of hydrogen-bond acceptors (Lipinski definition) is 4. The quantitative estimate of drug-likeness (QED) is 0.511. The minimum atomic E-state index is -1.86. The van der Waals surface area contributed by atoms with Crippen molar-refractivity contribution in [1.29, 1.82) is 0 Å². The highest BCUT2D eigenvalue weighted by Crippen LogP contribution is 2.38. The van der Waals surface area contributed by atoms with Crippen LogP contribution in [0.5, 0.6) is 5.75 Å². The van der Waals surface area contributed by atoms with Gasteiger partial charge in [-0.15, -0.1) is 0 Å². The third-order valence-electron chi connectivity index (χ3n) is 5.65. The molecule has 7 heteroatoms. The van der Waals surface area contributed by atoms with Crippen LogP contribution in [0.3, 0.4) is 0 Å². The van der Waals surface area contributed by atoms with Gasteiger partial charge >= 0.3 is 6.09 Å². The first-order valence-corrected chi connectivity index (χ1v) is 13.8. The lowest BCUT2D eigenvalue weighted by Crippen LogP contribution is -2.41. The molecule has 0 saturated carbocycles. The van der Waals surface area contributed by atoms with E-state index >= 15 is 0 Å². The van der Waals surface area contributed by atoms with E-state index < -0.39 is 20.0 Å². The van der Waals surface area contributed by atoms with Crippen molar-refractivity contribution in [2.24, 2.45) is 0 Å². The Morgan fingerprint density at radius 2 is 1.84 bits per heavy atom. The standard InChI is InChI=1S/C24H38FNO4Si/c1-16(26-22(27)30-23(2,3)4)14-28-19-12-18-10-17(11-20(18)21(25)13-19)15-29-31(8,9)24(5,6)7/h10,12-13,16H,11,14-15H2,1-9H3,(H,26,27). The molecule has 1 aliphatic carbocycles. The van der Waals surface area contributed by atoms with Gasteiger partial charge in [-0.3, -0.25) is 0 Å². The molecule has 0 fully saturated rings. The second kappa shape index (κ2) is 9.33. The van der Waals surface area contributed by atoms with Gasteiger partial charge in [-0.05, 0) is 75.0 Å². The van der Waals surface area contributed by atoms with Gasteiger partial charge in [0.15, 0.2) is 8.32 Å². The number of carbonyl (C=O) groups is 1. The molecule has 0 aliphatic heterocycles. The molecule has 1 aromatic rings. The van der Waals surface area contributed by atoms with Gasteiger partial charge in [0.2, 0.25) is 0 Å². The fraction of sp³-hybridized carbons (Fsp3) is 0.625. The van der Waals surface area contributed by atoms with E-state index in [0.717, 1.165) is 11.1 Å². The van der Waals surface area contributed by atoms with E-state index in [9.17, 15) is 9.18 Å². The van der Waals surface area contributed by atoms with Gasteiger partial charge in [-0.25, -0.2) is 9.18 Å². The van der Waals surface area contributed by atoms with E-state index in [1.807, 2.05) is 19.1 Å². The molecule has 1 amide bonds. The zero-order chi connectivity index (χ0) is 23.6. The van der Waals surface area contributed by atoms with Gasteiger partial charge in [0.05, 0.1) is 12.6 Å². The fourth-order valence-corrected chi connectivity index (χ4v) is 3.86. The van der Waals surface area contributed by atoms with Crippen molar-refractivity contribution < 1.29 is 23.1 Å². The molecule has 0 radical (unpaired) electrons. The molecule has 0 spiro atoms. The van der Waals surface area contributed by atoms with Gasteiger partial charge in [0, 0.05) is 6.07 Å². The van der Waals surface area contributed by atoms with Crippen LogP contribution in [0.15, 0.2) is 17.7 Å². The fourth-order valence-electron chi connectivity index (χ4n) is 2.88. The molecular formula is C24H38FNO4Si. The molecule has 0 aromatic heterocycles. The average Bonchev–Trinajstić information content (AvgIpc) is 2.99. The normalized spacial score (nSPS) is 15.2. The van der Waals surface area contributed by atoms with Crippen LogP contribution in [-0.4, -0.2) is 39.3 Å². The molecule has 174 valence electrons. The molecule has 31 heavy (non-hydrogen) atoms. The summed E-state index contributed by atoms with van der Waals surface area (Å²) in [6.07, 6.45) is 2.06. The third-order valence-corrected chi connectivity index (χ3v) is 10.1. The molecule has 1 N–H and O–H groups in total. The number of nitrogens with one attached hydrogen (secondary N) is 1. The number of benzene rings is 1. The van der Waals surface area contributed by atoms with E-state index in [1.54, 1.807) is 20.8 Å². The Morgan fingerprint density at radius 1 is 1.19 bits per heavy atom. The van der Waals surface area contributed by atoms with Crippen molar-refractivity contribution in [3.05, 3.63) is 34.6 Å². The molecule has 5 nitrogen and oxygen atoms in total. The molecule has 1 atom stereocenters. The number of amides is 1. The number of ether oxygens (including phenoxy) is 2. The Kier molecular flexibility index (Phi) is 7.64. The van der Waals surface area contributed by atoms with Gasteiger partial charge in [-0.1, -0.05) is 26.8 Å². The lowest BCUT2D eigenvalue weighted by atomic mass is 10.1. The number of fused-ring (bicyclic) bond motifs is 1. The highest BCUT2D eigenvalue weighted by atomic mass is 28.4. The Hall–Kier alpha value is -1.86. The van der Waals surface area contributed by atoms with Gasteiger partial charge in [-0.2, -0.15) is 0 Å². The molecule has 1 aliphatic rings. The van der Waals surface area contributed by atoms with Crippen LogP contribution in [-0.2, 0) is 15.6 Å². The van der Waals surface area contributed by atoms with Crippen LogP contribution in [0.4, 0.5) is 9.18 Å². The zero-order valence-corrected chi connectivity index (χ0v) is 21.4. The Balaban J connectivity index is 1.96. The minimum Gasteiger partial charge on any atom is -0.491 e. The van der Waals surface area contributed by atoms with E-state index in [2.05, 4.69) is 39.2 Å². The first-order chi connectivity index (χ1) is 14.1. The van der Waals surface area contributed by atoms with E-state index in [0.29, 0.717) is 24.3 Å². The number of rotatable bonds is 7. The highest BCUT2D eigenvalue weighted by Gasteiger charge is 2.37. The van der Waals surface area contributed by atoms with Gasteiger partial charge < -0.3 is 19.2 Å². The second-order valence-corrected chi connectivity index (χ2v) is 15.7. The smallest absolute Gasteiger partial charge is 0.407 e. The van der Waals surface area contributed by atoms with Crippen molar-refractivity contribution in [2.75, 3.05) is 13.2 Å². The van der Waals surface area contributed by atoms with Crippen LogP contribution in [0.2, 0.25) is 18.1 Å². The van der Waals surface area contributed by atoms with Crippen LogP contribution < -0.4 is 10.1 Å². The first-order valence-electron chi connectivity index (χ1n) is 10.9. The average molecular weight is 452 g/mol. The van der Waals surface area contributed by atoms with Crippen LogP contribution >= 0.6 is 0 Å². The summed E-state index contributed by atoms with van der Waals surface area (Å²) in [6, 6.07) is 2.97. The Bertz CT molecular complexity index is 837. The largest absolute Gasteiger partial charge is 0.491 e. The van der Waals surface area contributed by atoms with Crippen LogP contribution in [0.25, 0.3) is 6.08 Å². The maximum absolute atomic E-state index is 14.7. The number of alkyl carbamates (subject to hydrolysis) is 1. The summed E-state index contributed by atoms with van der Waals surface area (Å²) in [5.41, 5.74) is 2.03. The van der Waals surface area contributed by atoms with Gasteiger partial charge in [0.1, 0.15) is 23.8 Å². The third kappa shape index (κ3) is 7.35. The summed E-state index contributed by atoms with van der Waals surface area (Å²) in [7, 11) is -1.86. The molecule has 0 saturated heterocycles. The molecule has 1 unspecified atom stereocenters. The van der Waals surface area contributed by atoms with Crippen molar-refractivity contribution in [3.63, 3.8) is 0 Å². The predicted molar refractivity (Wildman–Crippen MR) is 126 cm³/mol. The maximum atomic E-state index is 14.7. The summed E-state index contributed by atoms with van der Waals surface area (Å²) < 4.78 is 31.9. The van der Waals surface area contributed by atoms with Crippen molar-refractivity contribution in [2.45, 2.75) is 84.7 Å². The molecule has 2 rings (SSSR count). The van der Waals surface area contributed by atoms with Gasteiger partial charge in [0.25, 0.3) is 0 Å². The summed E-state index contributed by atoms with van der Waals surface area (Å²) >= 11 is 0. The maximum Gasteiger partial charge on any atom is 0.407 e.